The van der Waals surface area contributed by atoms with Crippen molar-refractivity contribution in [3.8, 4) is 12.3 Å². The normalized spacial score (nSPS) is 15.5. The molecule has 0 aromatic heterocycles. The van der Waals surface area contributed by atoms with Crippen molar-refractivity contribution in [3.63, 3.8) is 0 Å². The van der Waals surface area contributed by atoms with E-state index in [1.54, 1.807) is 0 Å². The number of aliphatic hydroxyl groups excluding tert-OH is 1. The van der Waals surface area contributed by atoms with Gasteiger partial charge in [0, 0.05) is 12.6 Å². The summed E-state index contributed by atoms with van der Waals surface area (Å²) in [5, 5.41) is 11.8. The lowest BCUT2D eigenvalue weighted by Crippen LogP contribution is -2.33. The van der Waals surface area contributed by atoms with Crippen molar-refractivity contribution >= 4 is 0 Å². The highest BCUT2D eigenvalue weighted by Gasteiger charge is 2.02. The van der Waals surface area contributed by atoms with E-state index in [0.717, 1.165) is 12.8 Å². The van der Waals surface area contributed by atoms with E-state index < -0.39 is 0 Å². The minimum absolute atomic E-state index is 0.128. The maximum atomic E-state index is 8.54. The smallest absolute Gasteiger partial charge is 0.0660 e. The Morgan fingerprint density at radius 3 is 2.64 bits per heavy atom. The van der Waals surface area contributed by atoms with E-state index in [1.807, 2.05) is 6.92 Å². The van der Waals surface area contributed by atoms with Gasteiger partial charge in [0.15, 0.2) is 0 Å². The van der Waals surface area contributed by atoms with Gasteiger partial charge in [-0.1, -0.05) is 5.92 Å². The molecule has 2 unspecified atom stereocenters. The summed E-state index contributed by atoms with van der Waals surface area (Å²) >= 11 is 0. The fourth-order valence-corrected chi connectivity index (χ4v) is 0.956. The Morgan fingerprint density at radius 2 is 2.18 bits per heavy atom. The molecule has 0 spiro atoms. The number of rotatable bonds is 5. The molecule has 2 N–H and O–H groups in total. The fraction of sp³-hybridized carbons (Fsp3) is 0.778. The average Bonchev–Trinajstić information content (AvgIpc) is 2.00. The maximum Gasteiger partial charge on any atom is 0.0660 e. The molecule has 2 nitrogen and oxygen atoms in total. The van der Waals surface area contributed by atoms with Gasteiger partial charge in [-0.15, -0.1) is 6.42 Å². The van der Waals surface area contributed by atoms with Crippen LogP contribution in [-0.4, -0.2) is 23.8 Å². The van der Waals surface area contributed by atoms with Crippen molar-refractivity contribution in [3.05, 3.63) is 0 Å². The van der Waals surface area contributed by atoms with Crippen LogP contribution in [0.4, 0.5) is 0 Å². The third-order valence-corrected chi connectivity index (χ3v) is 1.58. The standard InChI is InChI=1S/C9H17NO/c1-4-8(2)10-9(3)6-5-7-11/h1,8-11H,5-7H2,2-3H3. The monoisotopic (exact) mass is 155 g/mol. The molecule has 11 heavy (non-hydrogen) atoms. The summed E-state index contributed by atoms with van der Waals surface area (Å²) in [6.45, 7) is 4.29. The first-order chi connectivity index (χ1) is 5.20. The topological polar surface area (TPSA) is 32.3 Å². The lowest BCUT2D eigenvalue weighted by Gasteiger charge is -2.15. The molecule has 0 saturated heterocycles. The zero-order chi connectivity index (χ0) is 8.69. The lowest BCUT2D eigenvalue weighted by atomic mass is 10.1. The molecule has 0 fully saturated rings. The molecular formula is C9H17NO. The van der Waals surface area contributed by atoms with Crippen LogP contribution in [0.3, 0.4) is 0 Å². The fourth-order valence-electron chi connectivity index (χ4n) is 0.956. The number of terminal acetylenes is 1. The third-order valence-electron chi connectivity index (χ3n) is 1.58. The molecule has 0 saturated carbocycles. The molecule has 2 heteroatoms. The minimum atomic E-state index is 0.128. The number of hydrogen-bond acceptors (Lipinski definition) is 2. The lowest BCUT2D eigenvalue weighted by molar-refractivity contribution is 0.276. The molecule has 0 aromatic carbocycles. The highest BCUT2D eigenvalue weighted by atomic mass is 16.2. The minimum Gasteiger partial charge on any atom is -0.396 e. The predicted octanol–water partition coefficient (Wildman–Crippen LogP) is 0.759. The summed E-state index contributed by atoms with van der Waals surface area (Å²) in [6.07, 6.45) is 7.00. The van der Waals surface area contributed by atoms with Gasteiger partial charge in [-0.3, -0.25) is 0 Å². The molecule has 0 bridgehead atoms. The second-order valence-corrected chi connectivity index (χ2v) is 2.82. The Kier molecular flexibility index (Phi) is 5.91. The Hall–Kier alpha value is -0.520. The molecular weight excluding hydrogens is 138 g/mol. The largest absolute Gasteiger partial charge is 0.396 e. The van der Waals surface area contributed by atoms with Crippen molar-refractivity contribution in [2.75, 3.05) is 6.61 Å². The summed E-state index contributed by atoms with van der Waals surface area (Å²) in [6, 6.07) is 0.525. The van der Waals surface area contributed by atoms with Gasteiger partial charge in [0.05, 0.1) is 6.04 Å². The first kappa shape index (κ1) is 10.5. The Morgan fingerprint density at radius 1 is 1.55 bits per heavy atom. The van der Waals surface area contributed by atoms with Crippen molar-refractivity contribution in [2.45, 2.75) is 38.8 Å². The predicted molar refractivity (Wildman–Crippen MR) is 47.2 cm³/mol. The number of nitrogens with one attached hydrogen (secondary N) is 1. The van der Waals surface area contributed by atoms with Gasteiger partial charge in [-0.25, -0.2) is 0 Å². The van der Waals surface area contributed by atoms with E-state index in [9.17, 15) is 0 Å². The zero-order valence-electron chi connectivity index (χ0n) is 7.30. The molecule has 0 aliphatic carbocycles. The van der Waals surface area contributed by atoms with E-state index in [0.29, 0.717) is 6.04 Å². The van der Waals surface area contributed by atoms with E-state index in [4.69, 9.17) is 11.5 Å². The SMILES string of the molecule is C#CC(C)NC(C)CCCO. The molecule has 64 valence electrons. The molecule has 0 aromatic rings. The molecule has 2 atom stereocenters. The van der Waals surface area contributed by atoms with Crippen molar-refractivity contribution in [2.24, 2.45) is 0 Å². The molecule has 0 rings (SSSR count). The summed E-state index contributed by atoms with van der Waals surface area (Å²) in [7, 11) is 0. The molecule has 0 amide bonds. The van der Waals surface area contributed by atoms with Crippen LogP contribution in [0.15, 0.2) is 0 Å². The first-order valence-electron chi connectivity index (χ1n) is 4.03. The van der Waals surface area contributed by atoms with Gasteiger partial charge in [-0.05, 0) is 26.7 Å². The average molecular weight is 155 g/mol. The van der Waals surface area contributed by atoms with E-state index >= 15 is 0 Å². The van der Waals surface area contributed by atoms with E-state index in [1.165, 1.54) is 0 Å². The summed E-state index contributed by atoms with van der Waals surface area (Å²) in [4.78, 5) is 0. The van der Waals surface area contributed by atoms with Crippen LogP contribution in [0, 0.1) is 12.3 Å². The van der Waals surface area contributed by atoms with Crippen molar-refractivity contribution in [1.82, 2.24) is 5.32 Å². The van der Waals surface area contributed by atoms with Gasteiger partial charge in [0.1, 0.15) is 0 Å². The van der Waals surface area contributed by atoms with E-state index in [-0.39, 0.29) is 12.6 Å². The van der Waals surface area contributed by atoms with Crippen LogP contribution in [0.2, 0.25) is 0 Å². The number of hydrogen-bond donors (Lipinski definition) is 2. The molecule has 0 aliphatic rings. The molecule has 0 heterocycles. The van der Waals surface area contributed by atoms with Crippen molar-refractivity contribution < 1.29 is 5.11 Å². The van der Waals surface area contributed by atoms with Crippen LogP contribution in [0.25, 0.3) is 0 Å². The highest BCUT2D eigenvalue weighted by molar-refractivity contribution is 4.96. The van der Waals surface area contributed by atoms with Gasteiger partial charge >= 0.3 is 0 Å². The van der Waals surface area contributed by atoms with Crippen LogP contribution >= 0.6 is 0 Å². The van der Waals surface area contributed by atoms with Gasteiger partial charge in [0.25, 0.3) is 0 Å². The quantitative estimate of drug-likeness (QED) is 0.574. The summed E-state index contributed by atoms with van der Waals surface area (Å²) in [5.74, 6) is 2.60. The van der Waals surface area contributed by atoms with Crippen LogP contribution in [-0.2, 0) is 0 Å². The Balaban J connectivity index is 3.37. The first-order valence-corrected chi connectivity index (χ1v) is 4.03. The van der Waals surface area contributed by atoms with Crippen molar-refractivity contribution in [1.29, 1.82) is 0 Å². The zero-order valence-corrected chi connectivity index (χ0v) is 7.30. The molecule has 0 radical (unpaired) electrons. The van der Waals surface area contributed by atoms with Crippen LogP contribution < -0.4 is 5.32 Å². The van der Waals surface area contributed by atoms with Crippen LogP contribution in [0.1, 0.15) is 26.7 Å². The maximum absolute atomic E-state index is 8.54. The second kappa shape index (κ2) is 6.21. The van der Waals surface area contributed by atoms with Gasteiger partial charge in [0.2, 0.25) is 0 Å². The Labute approximate surface area is 69.0 Å². The third kappa shape index (κ3) is 5.90. The molecule has 0 aliphatic heterocycles. The van der Waals surface area contributed by atoms with Gasteiger partial charge in [-0.2, -0.15) is 0 Å². The number of aliphatic hydroxyl groups is 1. The van der Waals surface area contributed by atoms with E-state index in [2.05, 4.69) is 18.2 Å². The van der Waals surface area contributed by atoms with Crippen LogP contribution in [0.5, 0.6) is 0 Å². The summed E-state index contributed by atoms with van der Waals surface area (Å²) in [5.41, 5.74) is 0. The highest BCUT2D eigenvalue weighted by Crippen LogP contribution is 1.96. The van der Waals surface area contributed by atoms with Gasteiger partial charge < -0.3 is 10.4 Å². The second-order valence-electron chi connectivity index (χ2n) is 2.82. The Bertz CT molecular complexity index is 128. The summed E-state index contributed by atoms with van der Waals surface area (Å²) < 4.78 is 0.